The number of aromatic nitrogens is 2. The minimum atomic E-state index is -1.14. The van der Waals surface area contributed by atoms with Crippen LogP contribution in [-0.2, 0) is 9.53 Å². The quantitative estimate of drug-likeness (QED) is 0.105. The summed E-state index contributed by atoms with van der Waals surface area (Å²) in [6, 6.07) is 16.1. The fraction of sp³-hybridized carbons (Fsp3) is 0.143. The Morgan fingerprint density at radius 1 is 1.17 bits per heavy atom. The summed E-state index contributed by atoms with van der Waals surface area (Å²) in [7, 11) is 2.46. The van der Waals surface area contributed by atoms with E-state index >= 15 is 0 Å². The van der Waals surface area contributed by atoms with E-state index in [0.717, 1.165) is 4.68 Å². The molecule has 13 heteroatoms. The molecule has 0 amide bonds. The van der Waals surface area contributed by atoms with Crippen molar-refractivity contribution < 1.29 is 28.3 Å². The van der Waals surface area contributed by atoms with Gasteiger partial charge >= 0.3 is 11.7 Å². The highest BCUT2D eigenvalue weighted by atomic mass is 35.5. The van der Waals surface area contributed by atoms with Gasteiger partial charge in [0.2, 0.25) is 11.6 Å². The van der Waals surface area contributed by atoms with Crippen LogP contribution in [-0.4, -0.2) is 47.1 Å². The number of rotatable bonds is 8. The van der Waals surface area contributed by atoms with E-state index in [1.807, 2.05) is 0 Å². The number of halogens is 1. The zero-order chi connectivity index (χ0) is 29.3. The van der Waals surface area contributed by atoms with Crippen molar-refractivity contribution in [1.82, 2.24) is 9.66 Å². The van der Waals surface area contributed by atoms with Crippen molar-refractivity contribution in [3.05, 3.63) is 91.7 Å². The lowest BCUT2D eigenvalue weighted by Gasteiger charge is -2.15. The second kappa shape index (κ2) is 11.1. The average molecular weight is 577 g/mol. The number of para-hydroxylation sites is 1. The molecule has 0 fully saturated rings. The Labute approximate surface area is 236 Å². The number of methoxy groups -OCH3 is 2. The zero-order valence-corrected chi connectivity index (χ0v) is 22.6. The van der Waals surface area contributed by atoms with Crippen molar-refractivity contribution in [1.29, 1.82) is 0 Å². The largest absolute Gasteiger partial charge is 0.493 e. The minimum absolute atomic E-state index is 0.0326. The molecule has 0 unspecified atom stereocenters. The van der Waals surface area contributed by atoms with Gasteiger partial charge in [-0.05, 0) is 49.4 Å². The maximum Gasteiger partial charge on any atom is 0.346 e. The predicted octanol–water partition coefficient (Wildman–Crippen LogP) is 5.20. The second-order valence-corrected chi connectivity index (χ2v) is 9.16. The molecule has 5 aromatic rings. The van der Waals surface area contributed by atoms with E-state index in [4.69, 9.17) is 25.5 Å². The molecule has 208 valence electrons. The number of carbonyl (C=O) groups excluding carboxylic acids is 1. The summed E-state index contributed by atoms with van der Waals surface area (Å²) < 4.78 is 22.5. The molecule has 0 bridgehead atoms. The van der Waals surface area contributed by atoms with Crippen molar-refractivity contribution in [2.45, 2.75) is 13.0 Å². The van der Waals surface area contributed by atoms with E-state index in [1.54, 1.807) is 48.5 Å². The van der Waals surface area contributed by atoms with Crippen LogP contribution in [0, 0.1) is 10.1 Å². The van der Waals surface area contributed by atoms with Gasteiger partial charge in [0.1, 0.15) is 5.58 Å². The number of esters is 1. The Hall–Kier alpha value is -5.23. The first-order valence-electron chi connectivity index (χ1n) is 12.1. The lowest BCUT2D eigenvalue weighted by Crippen LogP contribution is -2.25. The summed E-state index contributed by atoms with van der Waals surface area (Å²) >= 11 is 6.12. The molecule has 0 aliphatic carbocycles. The van der Waals surface area contributed by atoms with Crippen molar-refractivity contribution >= 4 is 51.3 Å². The maximum atomic E-state index is 13.5. The van der Waals surface area contributed by atoms with Crippen molar-refractivity contribution in [2.75, 3.05) is 14.2 Å². The summed E-state index contributed by atoms with van der Waals surface area (Å²) in [5.41, 5.74) is 0.179. The third-order valence-corrected chi connectivity index (χ3v) is 6.31. The van der Waals surface area contributed by atoms with E-state index in [-0.39, 0.29) is 28.6 Å². The normalized spacial score (nSPS) is 12.1. The van der Waals surface area contributed by atoms with Crippen LogP contribution in [0.4, 0.5) is 5.69 Å². The first kappa shape index (κ1) is 27.3. The summed E-state index contributed by atoms with van der Waals surface area (Å²) in [4.78, 5) is 41.2. The first-order valence-corrected chi connectivity index (χ1v) is 12.4. The molecule has 5 rings (SSSR count). The Kier molecular flexibility index (Phi) is 7.40. The minimum Gasteiger partial charge on any atom is -0.493 e. The van der Waals surface area contributed by atoms with Gasteiger partial charge in [-0.3, -0.25) is 14.9 Å². The Morgan fingerprint density at radius 3 is 2.68 bits per heavy atom. The van der Waals surface area contributed by atoms with Crippen LogP contribution in [0.25, 0.3) is 33.5 Å². The van der Waals surface area contributed by atoms with E-state index in [1.165, 1.54) is 39.5 Å². The zero-order valence-electron chi connectivity index (χ0n) is 21.9. The van der Waals surface area contributed by atoms with Gasteiger partial charge in [0, 0.05) is 22.0 Å². The molecule has 0 aliphatic heterocycles. The fourth-order valence-electron chi connectivity index (χ4n) is 4.12. The van der Waals surface area contributed by atoms with Crippen LogP contribution in [0.5, 0.6) is 11.5 Å². The van der Waals surface area contributed by atoms with Crippen LogP contribution in [0.2, 0.25) is 5.02 Å². The number of fused-ring (bicyclic) bond motifs is 2. The third-order valence-electron chi connectivity index (χ3n) is 6.08. The number of benzene rings is 3. The van der Waals surface area contributed by atoms with E-state index < -0.39 is 28.2 Å². The van der Waals surface area contributed by atoms with Gasteiger partial charge in [0.05, 0.1) is 36.3 Å². The van der Waals surface area contributed by atoms with Gasteiger partial charge in [-0.15, -0.1) is 0 Å². The standard InChI is InChI=1S/C28H21ClN4O8/c1-15(28(35)39-3)40-25-21(33(36)37)10-16(11-23(25)38-2)14-30-32-26(31-20-7-5-4-6-19(20)27(32)34)24-13-17-12-18(29)8-9-22(17)41-24/h4-15H,1-3H3/t15-/m1/s1. The summed E-state index contributed by atoms with van der Waals surface area (Å²) in [5, 5.41) is 17.8. The molecular formula is C28H21ClN4O8. The smallest absolute Gasteiger partial charge is 0.346 e. The molecule has 12 nitrogen and oxygen atoms in total. The average Bonchev–Trinajstić information content (AvgIpc) is 3.39. The SMILES string of the molecule is COC(=O)[C@@H](C)Oc1c(OC)cc(C=Nn2c(-c3cc4cc(Cl)ccc4o3)nc3ccccc3c2=O)cc1[N+](=O)[O-]. The summed E-state index contributed by atoms with van der Waals surface area (Å²) in [5.74, 6) is -0.666. The maximum absolute atomic E-state index is 13.5. The van der Waals surface area contributed by atoms with E-state index in [9.17, 15) is 19.7 Å². The number of nitrogens with zero attached hydrogens (tertiary/aromatic N) is 4. The highest BCUT2D eigenvalue weighted by Crippen LogP contribution is 2.39. The first-order chi connectivity index (χ1) is 19.7. The monoisotopic (exact) mass is 576 g/mol. The Balaban J connectivity index is 1.65. The van der Waals surface area contributed by atoms with Gasteiger partial charge in [-0.25, -0.2) is 9.78 Å². The molecule has 2 aromatic heterocycles. The highest BCUT2D eigenvalue weighted by Gasteiger charge is 2.27. The van der Waals surface area contributed by atoms with Crippen LogP contribution < -0.4 is 15.0 Å². The number of nitro benzene ring substituents is 1. The van der Waals surface area contributed by atoms with Crippen LogP contribution in [0.3, 0.4) is 0 Å². The molecule has 3 aromatic carbocycles. The van der Waals surface area contributed by atoms with Gasteiger partial charge in [-0.2, -0.15) is 9.78 Å². The topological polar surface area (TPSA) is 148 Å². The molecule has 0 spiro atoms. The molecule has 0 N–H and O–H groups in total. The summed E-state index contributed by atoms with van der Waals surface area (Å²) in [6.45, 7) is 1.39. The van der Waals surface area contributed by atoms with E-state index in [2.05, 4.69) is 14.8 Å². The highest BCUT2D eigenvalue weighted by molar-refractivity contribution is 6.31. The fourth-order valence-corrected chi connectivity index (χ4v) is 4.30. The van der Waals surface area contributed by atoms with Crippen molar-refractivity contribution in [3.8, 4) is 23.1 Å². The van der Waals surface area contributed by atoms with Gasteiger partial charge in [-0.1, -0.05) is 23.7 Å². The van der Waals surface area contributed by atoms with E-state index in [0.29, 0.717) is 26.9 Å². The Morgan fingerprint density at radius 2 is 1.95 bits per heavy atom. The van der Waals surface area contributed by atoms with Gasteiger partial charge in [0.15, 0.2) is 17.6 Å². The molecule has 0 aliphatic rings. The lowest BCUT2D eigenvalue weighted by atomic mass is 10.1. The van der Waals surface area contributed by atoms with Crippen LogP contribution in [0.1, 0.15) is 12.5 Å². The predicted molar refractivity (Wildman–Crippen MR) is 151 cm³/mol. The number of furan rings is 1. The van der Waals surface area contributed by atoms with Gasteiger partial charge < -0.3 is 18.6 Å². The number of hydrogen-bond acceptors (Lipinski definition) is 10. The molecular weight excluding hydrogens is 556 g/mol. The number of ether oxygens (including phenoxy) is 3. The lowest BCUT2D eigenvalue weighted by molar-refractivity contribution is -0.386. The molecule has 0 radical (unpaired) electrons. The molecule has 1 atom stereocenters. The molecule has 41 heavy (non-hydrogen) atoms. The van der Waals surface area contributed by atoms with Crippen molar-refractivity contribution in [3.63, 3.8) is 0 Å². The summed E-state index contributed by atoms with van der Waals surface area (Å²) in [6.07, 6.45) is 0.0970. The third kappa shape index (κ3) is 5.32. The Bertz CT molecular complexity index is 1910. The van der Waals surface area contributed by atoms with Crippen LogP contribution in [0.15, 0.2) is 75.0 Å². The van der Waals surface area contributed by atoms with Crippen molar-refractivity contribution in [2.24, 2.45) is 5.10 Å². The number of hydrogen-bond donors (Lipinski definition) is 0. The number of carbonyl (C=O) groups is 1. The molecule has 2 heterocycles. The van der Waals surface area contributed by atoms with Gasteiger partial charge in [0.25, 0.3) is 5.56 Å². The molecule has 0 saturated carbocycles. The second-order valence-electron chi connectivity index (χ2n) is 8.72. The number of nitro groups is 1. The molecule has 0 saturated heterocycles. The van der Waals surface area contributed by atoms with Crippen LogP contribution >= 0.6 is 11.6 Å².